The molecular weight excluding hydrogens is 470 g/mol. The summed E-state index contributed by atoms with van der Waals surface area (Å²) in [5.74, 6) is -0.109. The number of methoxy groups -OCH3 is 1. The second kappa shape index (κ2) is 9.32. The molecule has 1 heterocycles. The van der Waals surface area contributed by atoms with Crippen molar-refractivity contribution in [3.63, 3.8) is 0 Å². The number of halogens is 1. The predicted molar refractivity (Wildman–Crippen MR) is 127 cm³/mol. The van der Waals surface area contributed by atoms with E-state index in [0.717, 1.165) is 15.8 Å². The van der Waals surface area contributed by atoms with Crippen molar-refractivity contribution < 1.29 is 19.1 Å². The van der Waals surface area contributed by atoms with Crippen molar-refractivity contribution in [3.8, 4) is 17.0 Å². The minimum Gasteiger partial charge on any atom is -0.497 e. The van der Waals surface area contributed by atoms with E-state index in [1.54, 1.807) is 44.4 Å². The Hall–Kier alpha value is -3.51. The zero-order valence-electron chi connectivity index (χ0n) is 17.5. The Morgan fingerprint density at radius 2 is 1.66 bits per heavy atom. The maximum absolute atomic E-state index is 13.2. The number of ether oxygens (including phenoxy) is 2. The van der Waals surface area contributed by atoms with Gasteiger partial charge in [0.05, 0.1) is 23.9 Å². The first-order valence-corrected chi connectivity index (χ1v) is 10.8. The van der Waals surface area contributed by atoms with Crippen LogP contribution < -0.4 is 4.74 Å². The van der Waals surface area contributed by atoms with E-state index in [0.29, 0.717) is 27.7 Å². The first kappa shape index (κ1) is 21.7. The maximum atomic E-state index is 13.2. The van der Waals surface area contributed by atoms with Gasteiger partial charge in [0.2, 0.25) is 5.78 Å². The summed E-state index contributed by atoms with van der Waals surface area (Å²) < 4.78 is 11.6. The lowest BCUT2D eigenvalue weighted by molar-refractivity contribution is 0.0320. The third-order valence-corrected chi connectivity index (χ3v) is 5.58. The average molecular weight is 490 g/mol. The van der Waals surface area contributed by atoms with Gasteiger partial charge in [-0.2, -0.15) is 0 Å². The van der Waals surface area contributed by atoms with Crippen molar-refractivity contribution in [1.82, 2.24) is 4.98 Å². The standard InChI is InChI=1S/C26H20BrNO4/c1-16(25(29)18-6-4-3-5-7-18)32-26(30)22-15-24(17-8-11-20(31-2)12-9-17)28-23-13-10-19(27)14-21(22)23/h3-16H,1-2H3/t16-/m1/s1. The lowest BCUT2D eigenvalue weighted by Crippen LogP contribution is -2.24. The Morgan fingerprint density at radius 1 is 0.938 bits per heavy atom. The topological polar surface area (TPSA) is 65.5 Å². The van der Waals surface area contributed by atoms with E-state index in [1.165, 1.54) is 0 Å². The highest BCUT2D eigenvalue weighted by molar-refractivity contribution is 9.10. The smallest absolute Gasteiger partial charge is 0.339 e. The molecule has 160 valence electrons. The monoisotopic (exact) mass is 489 g/mol. The fourth-order valence-electron chi connectivity index (χ4n) is 3.39. The summed E-state index contributed by atoms with van der Waals surface area (Å²) in [5, 5.41) is 0.640. The second-order valence-corrected chi connectivity index (χ2v) is 8.14. The number of hydrogen-bond acceptors (Lipinski definition) is 5. The predicted octanol–water partition coefficient (Wildman–Crippen LogP) is 6.10. The quantitative estimate of drug-likeness (QED) is 0.241. The molecule has 0 fully saturated rings. The number of nitrogens with zero attached hydrogens (tertiary/aromatic N) is 1. The number of fused-ring (bicyclic) bond motifs is 1. The summed E-state index contributed by atoms with van der Waals surface area (Å²) in [5.41, 5.74) is 2.94. The summed E-state index contributed by atoms with van der Waals surface area (Å²) in [6, 6.07) is 23.4. The third kappa shape index (κ3) is 4.55. The Balaban J connectivity index is 1.71. The van der Waals surface area contributed by atoms with Crippen molar-refractivity contribution >= 4 is 38.6 Å². The molecule has 0 radical (unpaired) electrons. The molecule has 0 saturated heterocycles. The number of ketones is 1. The molecule has 0 amide bonds. The molecule has 1 atom stereocenters. The van der Waals surface area contributed by atoms with Crippen molar-refractivity contribution in [2.75, 3.05) is 7.11 Å². The number of carbonyl (C=O) groups is 2. The average Bonchev–Trinajstić information content (AvgIpc) is 2.83. The molecule has 4 rings (SSSR count). The zero-order chi connectivity index (χ0) is 22.7. The Morgan fingerprint density at radius 3 is 2.34 bits per heavy atom. The van der Waals surface area contributed by atoms with Crippen LogP contribution in [-0.4, -0.2) is 30.0 Å². The van der Waals surface area contributed by atoms with Crippen LogP contribution in [0, 0.1) is 0 Å². The summed E-state index contributed by atoms with van der Waals surface area (Å²) in [6.07, 6.45) is -0.926. The second-order valence-electron chi connectivity index (χ2n) is 7.22. The summed E-state index contributed by atoms with van der Waals surface area (Å²) >= 11 is 3.45. The van der Waals surface area contributed by atoms with Crippen molar-refractivity contribution in [3.05, 3.63) is 94.5 Å². The van der Waals surface area contributed by atoms with Crippen LogP contribution in [0.15, 0.2) is 83.3 Å². The van der Waals surface area contributed by atoms with Gasteiger partial charge in [-0.1, -0.05) is 46.3 Å². The van der Waals surface area contributed by atoms with Gasteiger partial charge in [0.15, 0.2) is 6.10 Å². The number of rotatable bonds is 6. The van der Waals surface area contributed by atoms with E-state index < -0.39 is 12.1 Å². The number of aromatic nitrogens is 1. The van der Waals surface area contributed by atoms with Gasteiger partial charge in [-0.25, -0.2) is 9.78 Å². The number of carbonyl (C=O) groups excluding carboxylic acids is 2. The van der Waals surface area contributed by atoms with Gasteiger partial charge in [0.1, 0.15) is 5.75 Å². The van der Waals surface area contributed by atoms with Gasteiger partial charge in [0.25, 0.3) is 0 Å². The van der Waals surface area contributed by atoms with E-state index in [2.05, 4.69) is 15.9 Å². The van der Waals surface area contributed by atoms with Crippen LogP contribution in [0.4, 0.5) is 0 Å². The minimum atomic E-state index is -0.926. The van der Waals surface area contributed by atoms with Crippen LogP contribution in [-0.2, 0) is 4.74 Å². The van der Waals surface area contributed by atoms with E-state index in [9.17, 15) is 9.59 Å². The molecule has 0 aliphatic rings. The molecule has 0 unspecified atom stereocenters. The fraction of sp³-hybridized carbons (Fsp3) is 0.115. The van der Waals surface area contributed by atoms with Crippen LogP contribution in [0.5, 0.6) is 5.75 Å². The van der Waals surface area contributed by atoms with E-state index in [-0.39, 0.29) is 5.78 Å². The van der Waals surface area contributed by atoms with Crippen molar-refractivity contribution in [2.45, 2.75) is 13.0 Å². The number of esters is 1. The van der Waals surface area contributed by atoms with E-state index in [4.69, 9.17) is 14.5 Å². The van der Waals surface area contributed by atoms with Gasteiger partial charge in [-0.3, -0.25) is 4.79 Å². The Kier molecular flexibility index (Phi) is 6.32. The lowest BCUT2D eigenvalue weighted by atomic mass is 10.0. The molecule has 0 spiro atoms. The first-order chi connectivity index (χ1) is 15.5. The van der Waals surface area contributed by atoms with Crippen LogP contribution in [0.1, 0.15) is 27.6 Å². The van der Waals surface area contributed by atoms with Gasteiger partial charge < -0.3 is 9.47 Å². The molecule has 3 aromatic carbocycles. The van der Waals surface area contributed by atoms with E-state index >= 15 is 0 Å². The summed E-state index contributed by atoms with van der Waals surface area (Å²) in [4.78, 5) is 30.5. The number of hydrogen-bond donors (Lipinski definition) is 0. The SMILES string of the molecule is COc1ccc(-c2cc(C(=O)O[C@H](C)C(=O)c3ccccc3)c3cc(Br)ccc3n2)cc1. The van der Waals surface area contributed by atoms with Gasteiger partial charge >= 0.3 is 5.97 Å². The minimum absolute atomic E-state index is 0.256. The van der Waals surface area contributed by atoms with E-state index in [1.807, 2.05) is 48.5 Å². The molecule has 0 N–H and O–H groups in total. The molecule has 0 bridgehead atoms. The maximum Gasteiger partial charge on any atom is 0.339 e. The van der Waals surface area contributed by atoms with Crippen molar-refractivity contribution in [1.29, 1.82) is 0 Å². The van der Waals surface area contributed by atoms with Crippen LogP contribution in [0.3, 0.4) is 0 Å². The molecule has 0 aliphatic heterocycles. The molecule has 1 aromatic heterocycles. The Labute approximate surface area is 194 Å². The highest BCUT2D eigenvalue weighted by atomic mass is 79.9. The zero-order valence-corrected chi connectivity index (χ0v) is 19.1. The van der Waals surface area contributed by atoms with Crippen molar-refractivity contribution in [2.24, 2.45) is 0 Å². The number of benzene rings is 3. The molecule has 0 aliphatic carbocycles. The summed E-state index contributed by atoms with van der Waals surface area (Å²) in [6.45, 7) is 1.58. The number of pyridine rings is 1. The highest BCUT2D eigenvalue weighted by Gasteiger charge is 2.22. The van der Waals surface area contributed by atoms with Crippen LogP contribution in [0.2, 0.25) is 0 Å². The van der Waals surface area contributed by atoms with Gasteiger partial charge in [-0.15, -0.1) is 0 Å². The molecule has 6 heteroatoms. The highest BCUT2D eigenvalue weighted by Crippen LogP contribution is 2.29. The fourth-order valence-corrected chi connectivity index (χ4v) is 3.75. The third-order valence-electron chi connectivity index (χ3n) is 5.09. The molecular formula is C26H20BrNO4. The first-order valence-electron chi connectivity index (χ1n) is 10.0. The van der Waals surface area contributed by atoms with Crippen LogP contribution >= 0.6 is 15.9 Å². The normalized spacial score (nSPS) is 11.7. The Bertz CT molecular complexity index is 1290. The van der Waals surface area contributed by atoms with Crippen LogP contribution in [0.25, 0.3) is 22.2 Å². The molecule has 32 heavy (non-hydrogen) atoms. The molecule has 0 saturated carbocycles. The largest absolute Gasteiger partial charge is 0.497 e. The number of Topliss-reactive ketones (excluding diaryl/α,β-unsaturated/α-hetero) is 1. The molecule has 5 nitrogen and oxygen atoms in total. The van der Waals surface area contributed by atoms with Gasteiger partial charge in [-0.05, 0) is 55.5 Å². The lowest BCUT2D eigenvalue weighted by Gasteiger charge is -2.15. The van der Waals surface area contributed by atoms with Gasteiger partial charge in [0, 0.05) is 21.0 Å². The molecule has 4 aromatic rings. The summed E-state index contributed by atoms with van der Waals surface area (Å²) in [7, 11) is 1.60.